The molecule has 0 spiro atoms. The van der Waals surface area contributed by atoms with E-state index in [2.05, 4.69) is 5.10 Å². The van der Waals surface area contributed by atoms with Gasteiger partial charge in [0, 0.05) is 0 Å². The smallest absolute Gasteiger partial charge is 0.281 e. The lowest BCUT2D eigenvalue weighted by Gasteiger charge is -2.24. The number of fused-ring (bicyclic) bond motifs is 1. The Hall–Kier alpha value is -2.16. The molecule has 3 rings (SSSR count). The van der Waals surface area contributed by atoms with Crippen LogP contribution in [0.2, 0.25) is 0 Å². The van der Waals surface area contributed by atoms with E-state index in [0.29, 0.717) is 12.3 Å². The van der Waals surface area contributed by atoms with Crippen molar-refractivity contribution < 1.29 is 18.0 Å². The summed E-state index contributed by atoms with van der Waals surface area (Å²) >= 11 is -1.84. The number of hydrazone groups is 1. The number of hydrogen-bond donors (Lipinski definition) is 0. The van der Waals surface area contributed by atoms with Gasteiger partial charge in [0.25, 0.3) is 11.3 Å². The van der Waals surface area contributed by atoms with Gasteiger partial charge in [0.1, 0.15) is 0 Å². The summed E-state index contributed by atoms with van der Waals surface area (Å²) < 4.78 is 19.3. The third-order valence-electron chi connectivity index (χ3n) is 4.22. The van der Waals surface area contributed by atoms with Crippen molar-refractivity contribution in [3.8, 4) is 0 Å². The predicted octanol–water partition coefficient (Wildman–Crippen LogP) is 0.946. The molecular weight excluding hydrogens is 354 g/mol. The van der Waals surface area contributed by atoms with Gasteiger partial charge in [-0.05, 0) is 38.7 Å². The molecule has 3 atom stereocenters. The Morgan fingerprint density at radius 2 is 1.96 bits per heavy atom. The Bertz CT molecular complexity index is 776. The predicted molar refractivity (Wildman–Crippen MR) is 98.5 cm³/mol. The van der Waals surface area contributed by atoms with E-state index in [4.69, 9.17) is 4.18 Å². The quantitative estimate of drug-likeness (QED) is 0.524. The average molecular weight is 375 g/mol. The highest BCUT2D eigenvalue weighted by atomic mass is 32.2. The number of carbonyl (C=O) groups is 2. The van der Waals surface area contributed by atoms with E-state index in [1.165, 1.54) is 10.5 Å². The minimum Gasteiger partial charge on any atom is -0.309 e. The van der Waals surface area contributed by atoms with Crippen LogP contribution in [0, 0.1) is 5.92 Å². The summed E-state index contributed by atoms with van der Waals surface area (Å²) in [6, 6.07) is 8.57. The summed E-state index contributed by atoms with van der Waals surface area (Å²) in [6.07, 6.45) is 3.53. The number of ketones is 2. The highest BCUT2D eigenvalue weighted by molar-refractivity contribution is 7.77. The maximum Gasteiger partial charge on any atom is 0.281 e. The molecule has 0 fully saturated rings. The normalized spacial score (nSPS) is 23.3. The number of benzene rings is 1. The maximum absolute atomic E-state index is 12.6. The van der Waals surface area contributed by atoms with Crippen LogP contribution in [-0.4, -0.2) is 64.1 Å². The minimum absolute atomic E-state index is 0.311. The van der Waals surface area contributed by atoms with Gasteiger partial charge < -0.3 is 4.90 Å². The largest absolute Gasteiger partial charge is 0.309 e. The van der Waals surface area contributed by atoms with E-state index in [1.54, 1.807) is 6.08 Å². The fourth-order valence-electron chi connectivity index (χ4n) is 2.95. The van der Waals surface area contributed by atoms with Crippen LogP contribution < -0.4 is 0 Å². The molecule has 1 heterocycles. The molecular formula is C18H21N3O4S. The molecule has 0 bridgehead atoms. The third kappa shape index (κ3) is 3.82. The fraction of sp³-hybridized carbons (Fsp3) is 0.389. The van der Waals surface area contributed by atoms with Crippen LogP contribution in [0.15, 0.2) is 47.6 Å². The zero-order valence-corrected chi connectivity index (χ0v) is 15.5. The topological polar surface area (TPSA) is 79.3 Å². The van der Waals surface area contributed by atoms with Crippen molar-refractivity contribution in [3.63, 3.8) is 0 Å². The second-order valence-corrected chi connectivity index (χ2v) is 7.45. The summed E-state index contributed by atoms with van der Waals surface area (Å²) in [6.45, 7) is 1.13. The lowest BCUT2D eigenvalue weighted by atomic mass is 9.83. The first kappa shape index (κ1) is 18.6. The molecule has 1 aromatic carbocycles. The van der Waals surface area contributed by atoms with E-state index >= 15 is 0 Å². The number of carbonyl (C=O) groups excluding carboxylic acids is 2. The molecule has 1 aliphatic heterocycles. The minimum atomic E-state index is -1.84. The number of nitrogens with zero attached hydrogens (tertiary/aromatic N) is 3. The summed E-state index contributed by atoms with van der Waals surface area (Å²) in [7, 11) is 3.90. The zero-order chi connectivity index (χ0) is 18.7. The number of rotatable bonds is 7. The first-order valence-electron chi connectivity index (χ1n) is 8.38. The summed E-state index contributed by atoms with van der Waals surface area (Å²) in [5.41, 5.74) is 1.18. The van der Waals surface area contributed by atoms with Crippen LogP contribution >= 0.6 is 0 Å². The number of hydrogen-bond acceptors (Lipinski definition) is 6. The van der Waals surface area contributed by atoms with Crippen molar-refractivity contribution in [2.24, 2.45) is 11.0 Å². The van der Waals surface area contributed by atoms with Crippen LogP contribution in [0.3, 0.4) is 0 Å². The Kier molecular flexibility index (Phi) is 5.75. The lowest BCUT2D eigenvalue weighted by molar-refractivity contribution is -0.135. The van der Waals surface area contributed by atoms with Gasteiger partial charge in [-0.15, -0.1) is 0 Å². The van der Waals surface area contributed by atoms with Gasteiger partial charge >= 0.3 is 0 Å². The number of Topliss-reactive ketones (excluding diaryl/α,β-unsaturated/α-hetero) is 1. The third-order valence-corrected chi connectivity index (χ3v) is 5.22. The van der Waals surface area contributed by atoms with Gasteiger partial charge in [-0.1, -0.05) is 36.4 Å². The van der Waals surface area contributed by atoms with E-state index in [0.717, 1.165) is 18.5 Å². The molecule has 0 radical (unpaired) electrons. The molecule has 2 aliphatic rings. The molecule has 7 nitrogen and oxygen atoms in total. The Balaban J connectivity index is 1.82. The molecule has 8 heteroatoms. The summed E-state index contributed by atoms with van der Waals surface area (Å²) in [5, 5.41) is 4.39. The van der Waals surface area contributed by atoms with Crippen molar-refractivity contribution in [1.82, 2.24) is 9.31 Å². The first-order chi connectivity index (χ1) is 12.5. The van der Waals surface area contributed by atoms with E-state index < -0.39 is 34.8 Å². The molecule has 138 valence electrons. The molecule has 0 amide bonds. The van der Waals surface area contributed by atoms with Gasteiger partial charge in [0.05, 0.1) is 24.3 Å². The molecule has 0 saturated heterocycles. The van der Waals surface area contributed by atoms with Crippen LogP contribution in [0.4, 0.5) is 0 Å². The van der Waals surface area contributed by atoms with Gasteiger partial charge in [-0.25, -0.2) is 4.21 Å². The molecule has 1 aliphatic carbocycles. The second-order valence-electron chi connectivity index (χ2n) is 6.41. The molecule has 3 unspecified atom stereocenters. The summed E-state index contributed by atoms with van der Waals surface area (Å²) in [5.74, 6) is -1.86. The maximum atomic E-state index is 12.6. The van der Waals surface area contributed by atoms with E-state index in [-0.39, 0.29) is 0 Å². The van der Waals surface area contributed by atoms with Crippen molar-refractivity contribution >= 4 is 28.5 Å². The van der Waals surface area contributed by atoms with E-state index in [9.17, 15) is 13.8 Å². The Morgan fingerprint density at radius 3 is 2.65 bits per heavy atom. The Morgan fingerprint density at radius 1 is 1.23 bits per heavy atom. The van der Waals surface area contributed by atoms with Crippen molar-refractivity contribution in [2.45, 2.75) is 12.5 Å². The van der Waals surface area contributed by atoms with Crippen molar-refractivity contribution in [1.29, 1.82) is 0 Å². The molecule has 0 aromatic heterocycles. The van der Waals surface area contributed by atoms with Crippen molar-refractivity contribution in [3.05, 3.63) is 48.0 Å². The summed E-state index contributed by atoms with van der Waals surface area (Å²) in [4.78, 5) is 26.3. The zero-order valence-electron chi connectivity index (χ0n) is 14.7. The molecule has 0 N–H and O–H groups in total. The van der Waals surface area contributed by atoms with Gasteiger partial charge in [-0.2, -0.15) is 9.52 Å². The SMILES string of the molecule is CN(C)CCCOS(=O)N1N=C(c2ccccc2)C2C(=O)C(=O)C=CC21. The fourth-order valence-corrected chi connectivity index (χ4v) is 3.87. The van der Waals surface area contributed by atoms with Crippen molar-refractivity contribution in [2.75, 3.05) is 27.2 Å². The van der Waals surface area contributed by atoms with Gasteiger partial charge in [0.15, 0.2) is 0 Å². The first-order valence-corrected chi connectivity index (χ1v) is 9.41. The van der Waals surface area contributed by atoms with Crippen LogP contribution in [-0.2, 0) is 25.0 Å². The second kappa shape index (κ2) is 8.03. The average Bonchev–Trinajstić information content (AvgIpc) is 3.02. The highest BCUT2D eigenvalue weighted by Crippen LogP contribution is 2.32. The van der Waals surface area contributed by atoms with Gasteiger partial charge in [-0.3, -0.25) is 13.8 Å². The van der Waals surface area contributed by atoms with Gasteiger partial charge in [0.2, 0.25) is 11.6 Å². The lowest BCUT2D eigenvalue weighted by Crippen LogP contribution is -2.43. The molecule has 26 heavy (non-hydrogen) atoms. The number of allylic oxidation sites excluding steroid dienone is 1. The Labute approximate surface area is 155 Å². The monoisotopic (exact) mass is 375 g/mol. The van der Waals surface area contributed by atoms with E-state index in [1.807, 2.05) is 49.3 Å². The van der Waals surface area contributed by atoms with Crippen LogP contribution in [0.25, 0.3) is 0 Å². The van der Waals surface area contributed by atoms with Crippen LogP contribution in [0.1, 0.15) is 12.0 Å². The highest BCUT2D eigenvalue weighted by Gasteiger charge is 2.47. The molecule has 0 saturated carbocycles. The van der Waals surface area contributed by atoms with Crippen LogP contribution in [0.5, 0.6) is 0 Å². The molecule has 1 aromatic rings. The standard InChI is InChI=1S/C18H21N3O4S/c1-20(2)11-6-12-25-26(24)21-14-9-10-15(22)18(23)16(14)17(19-21)13-7-4-3-5-8-13/h3-5,7-10,14,16H,6,11-12H2,1-2H3.